The van der Waals surface area contributed by atoms with Crippen LogP contribution >= 0.6 is 7.72 Å². The first-order valence-electron chi connectivity index (χ1n) is 6.26. The largest absolute Gasteiger partial charge is 0.480 e. The van der Waals surface area contributed by atoms with E-state index < -0.39 is 64.6 Å². The van der Waals surface area contributed by atoms with Gasteiger partial charge < -0.3 is 10.8 Å². The highest BCUT2D eigenvalue weighted by Crippen LogP contribution is 2.54. The Labute approximate surface area is 134 Å². The van der Waals surface area contributed by atoms with E-state index >= 15 is 0 Å². The van der Waals surface area contributed by atoms with Crippen molar-refractivity contribution >= 4 is 30.6 Å². The molecule has 1 rings (SSSR count). The van der Waals surface area contributed by atoms with Crippen molar-refractivity contribution in [1.82, 2.24) is 0 Å². The van der Waals surface area contributed by atoms with Crippen molar-refractivity contribution in [2.75, 3.05) is 6.16 Å². The third-order valence-corrected chi connectivity index (χ3v) is 4.76. The van der Waals surface area contributed by atoms with Gasteiger partial charge in [0, 0.05) is 18.6 Å². The van der Waals surface area contributed by atoms with E-state index in [1.165, 1.54) is 0 Å². The highest BCUT2D eigenvalue weighted by molar-refractivity contribution is 7.81. The molecule has 1 aromatic carbocycles. The quantitative estimate of drug-likeness (QED) is 0.282. The number of carbonyl (C=O) groups excluding carboxylic acids is 1. The van der Waals surface area contributed by atoms with Crippen LogP contribution in [0.25, 0.3) is 0 Å². The Bertz CT molecular complexity index is 674. The summed E-state index contributed by atoms with van der Waals surface area (Å²) in [6.45, 7) is 0. The third kappa shape index (κ3) is 4.73. The molecule has 24 heavy (non-hydrogen) atoms. The number of nitrogens with two attached hydrogens (primary N) is 1. The Balaban J connectivity index is 3.14. The van der Waals surface area contributed by atoms with Crippen molar-refractivity contribution in [1.29, 1.82) is 0 Å². The second kappa shape index (κ2) is 7.36. The summed E-state index contributed by atoms with van der Waals surface area (Å²) in [5.74, 6) is -1.41. The molecule has 12 nitrogen and oxygen atoms in total. The predicted molar refractivity (Wildman–Crippen MR) is 80.5 cm³/mol. The van der Waals surface area contributed by atoms with Crippen LogP contribution in [-0.4, -0.2) is 48.4 Å². The summed E-state index contributed by atoms with van der Waals surface area (Å²) in [7, 11) is -4.38. The van der Waals surface area contributed by atoms with Gasteiger partial charge in [0.05, 0.1) is 21.5 Å². The van der Waals surface area contributed by atoms with Crippen LogP contribution in [0.1, 0.15) is 16.8 Å². The number of nitro groups is 2. The molecule has 0 spiro atoms. The van der Waals surface area contributed by atoms with E-state index in [9.17, 15) is 39.6 Å². The van der Waals surface area contributed by atoms with Crippen molar-refractivity contribution < 1.29 is 34.3 Å². The van der Waals surface area contributed by atoms with Gasteiger partial charge in [-0.15, -0.1) is 0 Å². The minimum Gasteiger partial charge on any atom is -0.480 e. The number of hydrogen-bond acceptors (Lipinski definition) is 9. The Kier molecular flexibility index (Phi) is 5.99. The van der Waals surface area contributed by atoms with Crippen molar-refractivity contribution in [3.05, 3.63) is 44.0 Å². The van der Waals surface area contributed by atoms with Crippen molar-refractivity contribution in [3.8, 4) is 0 Å². The first-order chi connectivity index (χ1) is 11.0. The molecule has 0 aliphatic heterocycles. The average Bonchev–Trinajstić information content (AvgIpc) is 2.51. The second-order valence-electron chi connectivity index (χ2n) is 4.74. The fourth-order valence-electron chi connectivity index (χ4n) is 1.68. The van der Waals surface area contributed by atoms with E-state index in [1.54, 1.807) is 0 Å². The van der Waals surface area contributed by atoms with Gasteiger partial charge in [0.1, 0.15) is 12.2 Å². The summed E-state index contributed by atoms with van der Waals surface area (Å²) in [5, 5.41) is 30.1. The van der Waals surface area contributed by atoms with Crippen molar-refractivity contribution in [3.63, 3.8) is 0 Å². The van der Waals surface area contributed by atoms with Gasteiger partial charge in [-0.25, -0.2) is 14.6 Å². The Morgan fingerprint density at radius 2 is 1.58 bits per heavy atom. The molecule has 130 valence electrons. The highest BCUT2D eigenvalue weighted by Gasteiger charge is 2.46. The van der Waals surface area contributed by atoms with E-state index in [0.717, 1.165) is 0 Å². The van der Waals surface area contributed by atoms with Crippen LogP contribution in [0.15, 0.2) is 18.2 Å². The highest BCUT2D eigenvalue weighted by atomic mass is 31.2. The zero-order valence-electron chi connectivity index (χ0n) is 11.9. The molecule has 0 aliphatic carbocycles. The maximum atomic E-state index is 12.1. The summed E-state index contributed by atoms with van der Waals surface area (Å²) in [5.41, 5.74) is 1.69. The van der Waals surface area contributed by atoms with Crippen LogP contribution in [0.3, 0.4) is 0 Å². The standard InChI is InChI=1S/C11H12N3O9P/c12-9(10(15)16)1-2-24(22,23)11(17)6-3-7(13(18)19)5-8(4-6)14(20)21/h3-5,9,22-23H,1-2,12H2/p+1/t9-/m0/s1. The monoisotopic (exact) mass is 362 g/mol. The molecule has 0 fully saturated rings. The first-order valence-corrected chi connectivity index (χ1v) is 8.14. The molecule has 0 radical (unpaired) electrons. The normalized spacial score (nSPS) is 12.5. The summed E-state index contributed by atoms with van der Waals surface area (Å²) in [6, 6.07) is 0.531. The van der Waals surface area contributed by atoms with Gasteiger partial charge in [-0.3, -0.25) is 25.0 Å². The fourth-order valence-corrected chi connectivity index (χ4v) is 3.06. The number of carbonyl (C=O) groups is 2. The van der Waals surface area contributed by atoms with E-state index in [4.69, 9.17) is 10.8 Å². The van der Waals surface area contributed by atoms with Crippen LogP contribution in [0.5, 0.6) is 0 Å². The molecular weight excluding hydrogens is 349 g/mol. The Hall–Kier alpha value is -2.53. The van der Waals surface area contributed by atoms with E-state index in [0.29, 0.717) is 18.2 Å². The second-order valence-corrected chi connectivity index (χ2v) is 7.06. The number of non-ortho nitro benzene ring substituents is 2. The average molecular weight is 362 g/mol. The van der Waals surface area contributed by atoms with Crippen LogP contribution in [0.2, 0.25) is 0 Å². The van der Waals surface area contributed by atoms with Gasteiger partial charge in [0.2, 0.25) is 0 Å². The summed E-state index contributed by atoms with van der Waals surface area (Å²) >= 11 is 0. The number of carboxylic acids is 1. The maximum Gasteiger partial charge on any atom is 0.357 e. The number of carboxylic acid groups (broad SMARTS) is 1. The van der Waals surface area contributed by atoms with Crippen molar-refractivity contribution in [2.45, 2.75) is 12.5 Å². The van der Waals surface area contributed by atoms with Crippen molar-refractivity contribution in [2.24, 2.45) is 5.73 Å². The molecular formula is C11H13N3O9P+. The Morgan fingerprint density at radius 3 is 1.96 bits per heavy atom. The molecule has 0 saturated carbocycles. The number of benzene rings is 1. The fraction of sp³-hybridized carbons (Fsp3) is 0.273. The van der Waals surface area contributed by atoms with Crippen LogP contribution in [0, 0.1) is 20.2 Å². The van der Waals surface area contributed by atoms with Crippen LogP contribution < -0.4 is 5.73 Å². The molecule has 0 saturated heterocycles. The van der Waals surface area contributed by atoms with E-state index in [2.05, 4.69) is 0 Å². The smallest absolute Gasteiger partial charge is 0.357 e. The lowest BCUT2D eigenvalue weighted by Gasteiger charge is -2.12. The molecule has 0 unspecified atom stereocenters. The van der Waals surface area contributed by atoms with Crippen LogP contribution in [-0.2, 0) is 4.79 Å². The minimum atomic E-state index is -4.38. The zero-order valence-corrected chi connectivity index (χ0v) is 12.8. The van der Waals surface area contributed by atoms with Gasteiger partial charge in [-0.05, 0) is 0 Å². The lowest BCUT2D eigenvalue weighted by atomic mass is 10.2. The number of rotatable bonds is 8. The van der Waals surface area contributed by atoms with Gasteiger partial charge in [0.15, 0.2) is 0 Å². The van der Waals surface area contributed by atoms with E-state index in [-0.39, 0.29) is 0 Å². The lowest BCUT2D eigenvalue weighted by molar-refractivity contribution is -0.394. The molecule has 1 aromatic rings. The van der Waals surface area contributed by atoms with E-state index in [1.807, 2.05) is 0 Å². The molecule has 0 aliphatic rings. The molecule has 0 bridgehead atoms. The number of nitrogens with zero attached hydrogens (tertiary/aromatic N) is 2. The first kappa shape index (κ1) is 19.5. The zero-order chi connectivity index (χ0) is 18.7. The summed E-state index contributed by atoms with van der Waals surface area (Å²) in [4.78, 5) is 62.0. The molecule has 0 amide bonds. The van der Waals surface area contributed by atoms with Gasteiger partial charge in [0.25, 0.3) is 11.4 Å². The number of hydrogen-bond donors (Lipinski definition) is 4. The van der Waals surface area contributed by atoms with Gasteiger partial charge in [-0.1, -0.05) is 0 Å². The third-order valence-electron chi connectivity index (χ3n) is 2.97. The van der Waals surface area contributed by atoms with Crippen LogP contribution in [0.4, 0.5) is 11.4 Å². The number of nitro benzene ring substituents is 2. The minimum absolute atomic E-state index is 0.432. The van der Waals surface area contributed by atoms with Gasteiger partial charge >= 0.3 is 19.2 Å². The molecule has 5 N–H and O–H groups in total. The SMILES string of the molecule is N[C@@H](CC[P+](O)(O)C(=O)c1cc([N+](=O)[O-])cc([N+](=O)[O-])c1)C(=O)O. The van der Waals surface area contributed by atoms with Gasteiger partial charge in [-0.2, -0.15) is 0 Å². The lowest BCUT2D eigenvalue weighted by Crippen LogP contribution is -2.31. The predicted octanol–water partition coefficient (Wildman–Crippen LogP) is 0.277. The molecule has 1 atom stereocenters. The maximum absolute atomic E-state index is 12.1. The summed E-state index contributed by atoms with van der Waals surface area (Å²) < 4.78 is 0. The molecule has 0 aromatic heterocycles. The topological polar surface area (TPSA) is 207 Å². The Morgan fingerprint density at radius 1 is 1.12 bits per heavy atom. The number of aliphatic carboxylic acids is 1. The molecule has 0 heterocycles. The summed E-state index contributed by atoms with van der Waals surface area (Å²) in [6.07, 6.45) is -1.10. The molecule has 13 heteroatoms.